The highest BCUT2D eigenvalue weighted by Crippen LogP contribution is 1.81. The zero-order valence-corrected chi connectivity index (χ0v) is 5.55. The fourth-order valence-electron chi connectivity index (χ4n) is 0.519. The quantitative estimate of drug-likeness (QED) is 0.492. The zero-order chi connectivity index (χ0) is 7.28. The SMILES string of the molecule is C=CC(=O)C(CN)NC. The summed E-state index contributed by atoms with van der Waals surface area (Å²) in [7, 11) is 1.69. The maximum atomic E-state index is 10.7. The van der Waals surface area contributed by atoms with E-state index in [-0.39, 0.29) is 11.8 Å². The first-order chi connectivity index (χ1) is 4.26. The van der Waals surface area contributed by atoms with Crippen molar-refractivity contribution in [2.45, 2.75) is 6.04 Å². The van der Waals surface area contributed by atoms with Gasteiger partial charge in [0.05, 0.1) is 6.04 Å². The fourth-order valence-corrected chi connectivity index (χ4v) is 0.519. The second kappa shape index (κ2) is 4.23. The van der Waals surface area contributed by atoms with Gasteiger partial charge in [0.1, 0.15) is 0 Å². The first-order valence-electron chi connectivity index (χ1n) is 2.79. The molecule has 0 saturated carbocycles. The predicted octanol–water partition coefficient (Wildman–Crippen LogP) is -0.712. The van der Waals surface area contributed by atoms with E-state index in [1.54, 1.807) is 7.05 Å². The van der Waals surface area contributed by atoms with Crippen molar-refractivity contribution in [1.82, 2.24) is 5.32 Å². The molecule has 0 aliphatic heterocycles. The van der Waals surface area contributed by atoms with Crippen LogP contribution >= 0.6 is 0 Å². The Morgan fingerprint density at radius 1 is 2.00 bits per heavy atom. The molecule has 0 rings (SSSR count). The highest BCUT2D eigenvalue weighted by Gasteiger charge is 2.08. The van der Waals surface area contributed by atoms with Gasteiger partial charge in [-0.15, -0.1) is 0 Å². The predicted molar refractivity (Wildman–Crippen MR) is 37.1 cm³/mol. The van der Waals surface area contributed by atoms with Crippen LogP contribution in [-0.2, 0) is 4.79 Å². The molecule has 0 aromatic carbocycles. The molecule has 3 N–H and O–H groups in total. The van der Waals surface area contributed by atoms with E-state index in [4.69, 9.17) is 5.73 Å². The van der Waals surface area contributed by atoms with Crippen LogP contribution in [0.4, 0.5) is 0 Å². The van der Waals surface area contributed by atoms with Gasteiger partial charge in [-0.05, 0) is 13.1 Å². The normalized spacial score (nSPS) is 12.7. The first kappa shape index (κ1) is 8.33. The summed E-state index contributed by atoms with van der Waals surface area (Å²) in [5, 5.41) is 2.76. The average molecular weight is 128 g/mol. The Kier molecular flexibility index (Phi) is 3.92. The molecular formula is C6H12N2O. The molecule has 0 radical (unpaired) electrons. The van der Waals surface area contributed by atoms with E-state index in [2.05, 4.69) is 11.9 Å². The van der Waals surface area contributed by atoms with Crippen LogP contribution in [0.1, 0.15) is 0 Å². The van der Waals surface area contributed by atoms with Crippen LogP contribution in [-0.4, -0.2) is 25.4 Å². The number of ketones is 1. The summed E-state index contributed by atoms with van der Waals surface area (Å²) < 4.78 is 0. The number of likely N-dealkylation sites (N-methyl/N-ethyl adjacent to an activating group) is 1. The molecule has 3 heteroatoms. The minimum atomic E-state index is -0.262. The summed E-state index contributed by atoms with van der Waals surface area (Å²) in [6.07, 6.45) is 1.27. The number of rotatable bonds is 4. The van der Waals surface area contributed by atoms with Gasteiger partial charge in [-0.2, -0.15) is 0 Å². The lowest BCUT2D eigenvalue weighted by molar-refractivity contribution is -0.116. The van der Waals surface area contributed by atoms with Gasteiger partial charge in [0.2, 0.25) is 0 Å². The third kappa shape index (κ3) is 2.39. The summed E-state index contributed by atoms with van der Waals surface area (Å²) >= 11 is 0. The molecule has 1 unspecified atom stereocenters. The molecule has 3 nitrogen and oxygen atoms in total. The van der Waals surface area contributed by atoms with Gasteiger partial charge >= 0.3 is 0 Å². The van der Waals surface area contributed by atoms with E-state index in [9.17, 15) is 4.79 Å². The summed E-state index contributed by atoms with van der Waals surface area (Å²) in [4.78, 5) is 10.7. The Hall–Kier alpha value is -0.670. The molecule has 0 bridgehead atoms. The van der Waals surface area contributed by atoms with Gasteiger partial charge < -0.3 is 11.1 Å². The maximum absolute atomic E-state index is 10.7. The van der Waals surface area contributed by atoms with Crippen LogP contribution in [0, 0.1) is 0 Å². The molecule has 0 aliphatic rings. The van der Waals surface area contributed by atoms with Crippen molar-refractivity contribution < 1.29 is 4.79 Å². The molecule has 0 saturated heterocycles. The average Bonchev–Trinajstić information content (AvgIpc) is 1.90. The van der Waals surface area contributed by atoms with Crippen molar-refractivity contribution >= 4 is 5.78 Å². The van der Waals surface area contributed by atoms with Crippen LogP contribution in [0.25, 0.3) is 0 Å². The van der Waals surface area contributed by atoms with Crippen molar-refractivity contribution in [2.75, 3.05) is 13.6 Å². The molecule has 0 aromatic heterocycles. The fraction of sp³-hybridized carbons (Fsp3) is 0.500. The molecule has 9 heavy (non-hydrogen) atoms. The number of carbonyl (C=O) groups is 1. The van der Waals surface area contributed by atoms with Crippen LogP contribution in [0.3, 0.4) is 0 Å². The largest absolute Gasteiger partial charge is 0.328 e. The van der Waals surface area contributed by atoms with E-state index in [1.165, 1.54) is 6.08 Å². The van der Waals surface area contributed by atoms with Gasteiger partial charge in [0.25, 0.3) is 0 Å². The van der Waals surface area contributed by atoms with Crippen molar-refractivity contribution in [3.63, 3.8) is 0 Å². The Morgan fingerprint density at radius 3 is 2.67 bits per heavy atom. The van der Waals surface area contributed by atoms with Gasteiger partial charge in [0.15, 0.2) is 5.78 Å². The zero-order valence-electron chi connectivity index (χ0n) is 5.55. The van der Waals surface area contributed by atoms with E-state index >= 15 is 0 Å². The van der Waals surface area contributed by atoms with E-state index < -0.39 is 0 Å². The van der Waals surface area contributed by atoms with Crippen molar-refractivity contribution in [2.24, 2.45) is 5.73 Å². The monoisotopic (exact) mass is 128 g/mol. The van der Waals surface area contributed by atoms with Gasteiger partial charge in [0, 0.05) is 6.54 Å². The highest BCUT2D eigenvalue weighted by molar-refractivity contribution is 5.93. The summed E-state index contributed by atoms with van der Waals surface area (Å²) in [6.45, 7) is 3.65. The second-order valence-electron chi connectivity index (χ2n) is 1.68. The standard InChI is InChI=1S/C6H12N2O/c1-3-6(9)5(4-7)8-2/h3,5,8H,1,4,7H2,2H3. The summed E-state index contributed by atoms with van der Waals surface area (Å²) in [5.74, 6) is -0.0556. The van der Waals surface area contributed by atoms with Gasteiger partial charge in [-0.1, -0.05) is 6.58 Å². The van der Waals surface area contributed by atoms with Crippen molar-refractivity contribution in [3.05, 3.63) is 12.7 Å². The molecule has 0 aliphatic carbocycles. The Balaban J connectivity index is 3.78. The molecule has 1 atom stereocenters. The second-order valence-corrected chi connectivity index (χ2v) is 1.68. The number of nitrogens with two attached hydrogens (primary N) is 1. The minimum Gasteiger partial charge on any atom is -0.328 e. The molecule has 0 spiro atoms. The lowest BCUT2D eigenvalue weighted by atomic mass is 10.2. The molecule has 0 heterocycles. The molecule has 52 valence electrons. The van der Waals surface area contributed by atoms with Crippen molar-refractivity contribution in [1.29, 1.82) is 0 Å². The van der Waals surface area contributed by atoms with Crippen molar-refractivity contribution in [3.8, 4) is 0 Å². The van der Waals surface area contributed by atoms with Crippen LogP contribution in [0.2, 0.25) is 0 Å². The third-order valence-electron chi connectivity index (χ3n) is 1.13. The topological polar surface area (TPSA) is 55.1 Å². The lowest BCUT2D eigenvalue weighted by Crippen LogP contribution is -2.39. The highest BCUT2D eigenvalue weighted by atomic mass is 16.1. The smallest absolute Gasteiger partial charge is 0.173 e. The number of carbonyl (C=O) groups excluding carboxylic acids is 1. The van der Waals surface area contributed by atoms with E-state index in [1.807, 2.05) is 0 Å². The first-order valence-corrected chi connectivity index (χ1v) is 2.79. The summed E-state index contributed by atoms with van der Waals surface area (Å²) in [6, 6.07) is -0.262. The van der Waals surface area contributed by atoms with Crippen LogP contribution in [0.15, 0.2) is 12.7 Å². The number of hydrogen-bond donors (Lipinski definition) is 2. The lowest BCUT2D eigenvalue weighted by Gasteiger charge is -2.07. The molecule has 0 fully saturated rings. The number of hydrogen-bond acceptors (Lipinski definition) is 3. The van der Waals surface area contributed by atoms with E-state index in [0.717, 1.165) is 0 Å². The molecule has 0 aromatic rings. The van der Waals surface area contributed by atoms with E-state index in [0.29, 0.717) is 6.54 Å². The Labute approximate surface area is 54.9 Å². The molecule has 0 amide bonds. The maximum Gasteiger partial charge on any atom is 0.173 e. The Morgan fingerprint density at radius 2 is 2.56 bits per heavy atom. The van der Waals surface area contributed by atoms with Gasteiger partial charge in [-0.3, -0.25) is 4.79 Å². The molecular weight excluding hydrogens is 116 g/mol. The minimum absolute atomic E-state index is 0.0556. The van der Waals surface area contributed by atoms with Crippen LogP contribution < -0.4 is 11.1 Å². The summed E-state index contributed by atoms with van der Waals surface area (Å²) in [5.41, 5.74) is 5.23. The Bertz CT molecular complexity index is 108. The van der Waals surface area contributed by atoms with Gasteiger partial charge in [-0.25, -0.2) is 0 Å². The third-order valence-corrected chi connectivity index (χ3v) is 1.13. The number of nitrogens with one attached hydrogen (secondary N) is 1. The van der Waals surface area contributed by atoms with Crippen LogP contribution in [0.5, 0.6) is 0 Å².